The summed E-state index contributed by atoms with van der Waals surface area (Å²) in [7, 11) is -2.29. The molecule has 1 amide bonds. The first-order valence-corrected chi connectivity index (χ1v) is 10.9. The summed E-state index contributed by atoms with van der Waals surface area (Å²) in [6.45, 7) is 1.51. The van der Waals surface area contributed by atoms with Crippen molar-refractivity contribution in [3.8, 4) is 17.1 Å². The van der Waals surface area contributed by atoms with Gasteiger partial charge < -0.3 is 14.6 Å². The molecule has 0 aliphatic rings. The number of aromatic nitrogens is 2. The summed E-state index contributed by atoms with van der Waals surface area (Å²) in [4.78, 5) is 16.7. The third-order valence-electron chi connectivity index (χ3n) is 4.22. The van der Waals surface area contributed by atoms with Gasteiger partial charge in [-0.25, -0.2) is 8.42 Å². The summed E-state index contributed by atoms with van der Waals surface area (Å²) < 4.78 is 35.9. The summed E-state index contributed by atoms with van der Waals surface area (Å²) in [6.07, 6.45) is 1.03. The summed E-state index contributed by atoms with van der Waals surface area (Å²) in [5, 5.41) is 6.52. The van der Waals surface area contributed by atoms with E-state index in [4.69, 9.17) is 9.26 Å². The van der Waals surface area contributed by atoms with Crippen LogP contribution in [0.25, 0.3) is 11.4 Å². The molecule has 0 saturated carbocycles. The summed E-state index contributed by atoms with van der Waals surface area (Å²) in [5.41, 5.74) is 2.14. The average Bonchev–Trinajstić information content (AvgIpc) is 3.19. The lowest BCUT2D eigenvalue weighted by Crippen LogP contribution is -2.40. The van der Waals surface area contributed by atoms with Crippen LogP contribution in [-0.4, -0.2) is 44.4 Å². The normalized spacial score (nSPS) is 11.2. The van der Waals surface area contributed by atoms with E-state index in [0.29, 0.717) is 11.6 Å². The number of aryl methyl sites for hydroxylation is 1. The molecule has 0 spiro atoms. The summed E-state index contributed by atoms with van der Waals surface area (Å²) >= 11 is 0. The molecule has 30 heavy (non-hydrogen) atoms. The standard InChI is InChI=1S/C20H22N4O5S/c1-14-7-6-8-15(11-14)20-22-19(29-23-20)12-21-18(25)13-24(30(3,26)27)16-9-4-5-10-17(16)28-2/h4-11H,12-13H2,1-3H3,(H,21,25). The van der Waals surface area contributed by atoms with Crippen molar-refractivity contribution in [1.29, 1.82) is 0 Å². The van der Waals surface area contributed by atoms with Crippen LogP contribution in [0.3, 0.4) is 0 Å². The van der Waals surface area contributed by atoms with Crippen LogP contribution in [0, 0.1) is 6.92 Å². The molecule has 0 atom stereocenters. The number of hydrogen-bond acceptors (Lipinski definition) is 7. The predicted octanol–water partition coefficient (Wildman–Crippen LogP) is 2.14. The molecule has 3 rings (SSSR count). The Hall–Kier alpha value is -3.40. The molecule has 0 aliphatic carbocycles. The van der Waals surface area contributed by atoms with Gasteiger partial charge in [0.15, 0.2) is 0 Å². The van der Waals surface area contributed by atoms with Gasteiger partial charge >= 0.3 is 0 Å². The maximum Gasteiger partial charge on any atom is 0.246 e. The minimum absolute atomic E-state index is 0.0266. The van der Waals surface area contributed by atoms with Gasteiger partial charge in [0.05, 0.1) is 25.6 Å². The number of amides is 1. The zero-order chi connectivity index (χ0) is 21.7. The molecule has 10 heteroatoms. The van der Waals surface area contributed by atoms with Crippen LogP contribution in [0.4, 0.5) is 5.69 Å². The molecule has 0 saturated heterocycles. The number of nitrogens with zero attached hydrogens (tertiary/aromatic N) is 3. The topological polar surface area (TPSA) is 115 Å². The Morgan fingerprint density at radius 2 is 1.97 bits per heavy atom. The second kappa shape index (κ2) is 8.95. The van der Waals surface area contributed by atoms with Gasteiger partial charge in [0.2, 0.25) is 27.6 Å². The first kappa shape index (κ1) is 21.3. The second-order valence-electron chi connectivity index (χ2n) is 6.60. The quantitative estimate of drug-likeness (QED) is 0.582. The van der Waals surface area contributed by atoms with Crippen molar-refractivity contribution in [2.75, 3.05) is 24.2 Å². The minimum atomic E-state index is -3.72. The highest BCUT2D eigenvalue weighted by Crippen LogP contribution is 2.29. The zero-order valence-corrected chi connectivity index (χ0v) is 17.6. The maximum absolute atomic E-state index is 12.4. The van der Waals surface area contributed by atoms with E-state index in [1.165, 1.54) is 7.11 Å². The Kier molecular flexibility index (Phi) is 6.36. The van der Waals surface area contributed by atoms with Gasteiger partial charge in [-0.05, 0) is 25.1 Å². The van der Waals surface area contributed by atoms with E-state index in [-0.39, 0.29) is 18.1 Å². The lowest BCUT2D eigenvalue weighted by molar-refractivity contribution is -0.119. The maximum atomic E-state index is 12.4. The molecule has 1 N–H and O–H groups in total. The largest absolute Gasteiger partial charge is 0.495 e. The number of methoxy groups -OCH3 is 1. The number of carbonyl (C=O) groups excluding carboxylic acids is 1. The molecule has 158 valence electrons. The van der Waals surface area contributed by atoms with Crippen molar-refractivity contribution in [2.45, 2.75) is 13.5 Å². The van der Waals surface area contributed by atoms with Gasteiger partial charge in [-0.15, -0.1) is 0 Å². The van der Waals surface area contributed by atoms with E-state index in [0.717, 1.165) is 21.7 Å². The van der Waals surface area contributed by atoms with Crippen LogP contribution >= 0.6 is 0 Å². The van der Waals surface area contributed by atoms with Crippen molar-refractivity contribution in [1.82, 2.24) is 15.5 Å². The molecule has 0 aliphatic heterocycles. The molecule has 3 aromatic rings. The fraction of sp³-hybridized carbons (Fsp3) is 0.250. The van der Waals surface area contributed by atoms with Gasteiger partial charge in [0.25, 0.3) is 0 Å². The smallest absolute Gasteiger partial charge is 0.246 e. The first-order chi connectivity index (χ1) is 14.3. The predicted molar refractivity (Wildman–Crippen MR) is 112 cm³/mol. The number of para-hydroxylation sites is 2. The highest BCUT2D eigenvalue weighted by Gasteiger charge is 2.24. The molecule has 0 fully saturated rings. The molecule has 0 radical (unpaired) electrons. The average molecular weight is 430 g/mol. The zero-order valence-electron chi connectivity index (χ0n) is 16.8. The lowest BCUT2D eigenvalue weighted by Gasteiger charge is -2.23. The van der Waals surface area contributed by atoms with E-state index >= 15 is 0 Å². The van der Waals surface area contributed by atoms with Crippen LogP contribution in [-0.2, 0) is 21.4 Å². The van der Waals surface area contributed by atoms with Gasteiger partial charge in [-0.1, -0.05) is 41.1 Å². The highest BCUT2D eigenvalue weighted by atomic mass is 32.2. The molecule has 2 aromatic carbocycles. The molecule has 9 nitrogen and oxygen atoms in total. The Labute approximate surface area is 174 Å². The Bertz CT molecular complexity index is 1140. The summed E-state index contributed by atoms with van der Waals surface area (Å²) in [5.74, 6) is 0.440. The Morgan fingerprint density at radius 1 is 1.20 bits per heavy atom. The molecule has 0 bridgehead atoms. The van der Waals surface area contributed by atoms with E-state index in [2.05, 4.69) is 15.5 Å². The fourth-order valence-corrected chi connectivity index (χ4v) is 3.67. The summed E-state index contributed by atoms with van der Waals surface area (Å²) in [6, 6.07) is 14.2. The number of ether oxygens (including phenoxy) is 1. The number of carbonyl (C=O) groups is 1. The van der Waals surface area contributed by atoms with Crippen molar-refractivity contribution in [2.24, 2.45) is 0 Å². The van der Waals surface area contributed by atoms with E-state index in [1.807, 2.05) is 31.2 Å². The van der Waals surface area contributed by atoms with Crippen molar-refractivity contribution < 1.29 is 22.5 Å². The van der Waals surface area contributed by atoms with Gasteiger partial charge in [-0.3, -0.25) is 9.10 Å². The Balaban J connectivity index is 1.68. The molecule has 1 heterocycles. The number of benzene rings is 2. The van der Waals surface area contributed by atoms with E-state index in [1.54, 1.807) is 24.3 Å². The van der Waals surface area contributed by atoms with Crippen LogP contribution < -0.4 is 14.4 Å². The third kappa shape index (κ3) is 5.15. The first-order valence-electron chi connectivity index (χ1n) is 9.05. The number of hydrogen-bond donors (Lipinski definition) is 1. The van der Waals surface area contributed by atoms with Crippen molar-refractivity contribution in [3.63, 3.8) is 0 Å². The van der Waals surface area contributed by atoms with Crippen LogP contribution in [0.5, 0.6) is 5.75 Å². The lowest BCUT2D eigenvalue weighted by atomic mass is 10.1. The molecular formula is C20H22N4O5S. The van der Waals surface area contributed by atoms with Crippen LogP contribution in [0.15, 0.2) is 53.1 Å². The molecular weight excluding hydrogens is 408 g/mol. The van der Waals surface area contributed by atoms with E-state index < -0.39 is 22.5 Å². The Morgan fingerprint density at radius 3 is 2.67 bits per heavy atom. The van der Waals surface area contributed by atoms with E-state index in [9.17, 15) is 13.2 Å². The minimum Gasteiger partial charge on any atom is -0.495 e. The highest BCUT2D eigenvalue weighted by molar-refractivity contribution is 7.92. The van der Waals surface area contributed by atoms with Gasteiger partial charge in [0, 0.05) is 5.56 Å². The second-order valence-corrected chi connectivity index (χ2v) is 8.51. The van der Waals surface area contributed by atoms with Crippen molar-refractivity contribution in [3.05, 3.63) is 60.0 Å². The number of sulfonamides is 1. The van der Waals surface area contributed by atoms with Gasteiger partial charge in [-0.2, -0.15) is 4.98 Å². The molecule has 1 aromatic heterocycles. The third-order valence-corrected chi connectivity index (χ3v) is 5.35. The fourth-order valence-electron chi connectivity index (χ4n) is 2.81. The van der Waals surface area contributed by atoms with Crippen LogP contribution in [0.2, 0.25) is 0 Å². The number of rotatable bonds is 8. The van der Waals surface area contributed by atoms with Crippen LogP contribution in [0.1, 0.15) is 11.5 Å². The molecule has 0 unspecified atom stereocenters. The number of anilines is 1. The van der Waals surface area contributed by atoms with Crippen molar-refractivity contribution >= 4 is 21.6 Å². The SMILES string of the molecule is COc1ccccc1N(CC(=O)NCc1nc(-c2cccc(C)c2)no1)S(C)(=O)=O. The number of nitrogens with one attached hydrogen (secondary N) is 1. The van der Waals surface area contributed by atoms with Gasteiger partial charge in [0.1, 0.15) is 12.3 Å². The monoisotopic (exact) mass is 430 g/mol.